The number of H-pyrrole nitrogens is 2. The molecule has 0 saturated carbocycles. The van der Waals surface area contributed by atoms with Gasteiger partial charge in [0.25, 0.3) is 0 Å². The van der Waals surface area contributed by atoms with Gasteiger partial charge in [0.1, 0.15) is 17.7 Å². The number of nitrogens with zero attached hydrogens (tertiary/aromatic N) is 5. The van der Waals surface area contributed by atoms with E-state index >= 15 is 0 Å². The maximum Gasteiger partial charge on any atom is 0.407 e. The number of esters is 1. The van der Waals surface area contributed by atoms with E-state index in [1.54, 1.807) is 0 Å². The SMILES string of the molecule is COC(=O)C[C@H](C(=O)N1CCC[C@H]1c1ncc(-c2ccc(-c3ccc(-c4ccc(-c5cnc([C@@H]6CCCN6C(=O)[C@@H](NC(=O)OC)C(C)C)[nH]5)cc4)c4c3C3CCC4N3C)cc2)[nH]1)C(C)C. The first-order valence-electron chi connectivity index (χ1n) is 23.6. The summed E-state index contributed by atoms with van der Waals surface area (Å²) in [5, 5.41) is 2.72. The van der Waals surface area contributed by atoms with E-state index in [9.17, 15) is 19.2 Å². The summed E-state index contributed by atoms with van der Waals surface area (Å²) in [6, 6.07) is 21.6. The zero-order valence-electron chi connectivity index (χ0n) is 39.1. The van der Waals surface area contributed by atoms with Crippen molar-refractivity contribution in [3.8, 4) is 44.8 Å². The van der Waals surface area contributed by atoms with E-state index in [1.165, 1.54) is 47.6 Å². The lowest BCUT2D eigenvalue weighted by Crippen LogP contribution is -2.51. The van der Waals surface area contributed by atoms with Crippen LogP contribution >= 0.6 is 0 Å². The second-order valence-electron chi connectivity index (χ2n) is 19.1. The molecule has 9 rings (SSSR count). The van der Waals surface area contributed by atoms with Crippen LogP contribution in [-0.2, 0) is 23.9 Å². The lowest BCUT2D eigenvalue weighted by Gasteiger charge is -2.30. The lowest BCUT2D eigenvalue weighted by atomic mass is 9.81. The molecule has 6 heterocycles. The van der Waals surface area contributed by atoms with Gasteiger partial charge < -0.3 is 34.6 Å². The van der Waals surface area contributed by atoms with E-state index in [0.717, 1.165) is 72.7 Å². The number of rotatable bonds is 13. The van der Waals surface area contributed by atoms with E-state index in [-0.39, 0.29) is 48.1 Å². The van der Waals surface area contributed by atoms with Gasteiger partial charge in [-0.2, -0.15) is 0 Å². The molecule has 0 aliphatic carbocycles. The molecule has 14 heteroatoms. The predicted molar refractivity (Wildman–Crippen MR) is 251 cm³/mol. The van der Waals surface area contributed by atoms with Crippen molar-refractivity contribution < 1.29 is 28.7 Å². The van der Waals surface area contributed by atoms with E-state index in [1.807, 2.05) is 49.9 Å². The standard InChI is InChI=1S/C52H62N8O6/c1-29(2)37(26-44(61)65-6)50(62)59-24-8-10-42(59)48-53-27-38(55-48)33-16-12-31(13-17-33)35-20-21-36(46-41-23-22-40(45(35)46)58(41)5)32-14-18-34(19-15-32)39-28-54-49(56-39)43-11-9-25-60(43)51(63)47(30(3)4)57-52(64)66-7/h12-21,27-30,37,40-43,47H,8-11,22-26H2,1-7H3,(H,53,55)(H,54,56)(H,57,64)/t37-,40?,41?,42-,43-,47-/m0/s1. The number of aromatic nitrogens is 4. The Bertz CT molecular complexity index is 2420. The van der Waals surface area contributed by atoms with Gasteiger partial charge in [-0.3, -0.25) is 19.3 Å². The van der Waals surface area contributed by atoms with Gasteiger partial charge in [0.15, 0.2) is 0 Å². The Labute approximate surface area is 386 Å². The number of methoxy groups -OCH3 is 2. The number of likely N-dealkylation sites (tertiary alicyclic amines) is 2. The quantitative estimate of drug-likeness (QED) is 0.0978. The summed E-state index contributed by atoms with van der Waals surface area (Å²) in [5.74, 6) is 0.467. The highest BCUT2D eigenvalue weighted by atomic mass is 16.5. The number of benzene rings is 3. The van der Waals surface area contributed by atoms with Gasteiger partial charge in [-0.15, -0.1) is 0 Å². The summed E-state index contributed by atoms with van der Waals surface area (Å²) in [5.41, 5.74) is 11.5. The number of carbonyl (C=O) groups excluding carboxylic acids is 4. The van der Waals surface area contributed by atoms with Gasteiger partial charge in [-0.25, -0.2) is 14.8 Å². The van der Waals surface area contributed by atoms with Gasteiger partial charge in [-0.1, -0.05) is 88.4 Å². The molecular weight excluding hydrogens is 833 g/mol. The maximum atomic E-state index is 13.8. The first-order chi connectivity index (χ1) is 31.9. The van der Waals surface area contributed by atoms with Crippen molar-refractivity contribution in [2.75, 3.05) is 34.4 Å². The van der Waals surface area contributed by atoms with Crippen molar-refractivity contribution in [2.45, 2.75) is 103 Å². The minimum atomic E-state index is -0.686. The molecule has 3 N–H and O–H groups in total. The summed E-state index contributed by atoms with van der Waals surface area (Å²) < 4.78 is 9.71. The van der Waals surface area contributed by atoms with Crippen molar-refractivity contribution in [2.24, 2.45) is 17.8 Å². The fraction of sp³-hybridized carbons (Fsp3) is 0.462. The smallest absolute Gasteiger partial charge is 0.407 e. The van der Waals surface area contributed by atoms with Crippen LogP contribution in [0.5, 0.6) is 0 Å². The average Bonchev–Trinajstić information content (AvgIpc) is 4.20. The lowest BCUT2D eigenvalue weighted by molar-refractivity contribution is -0.148. The number of imidazole rings is 2. The van der Waals surface area contributed by atoms with Crippen molar-refractivity contribution in [1.29, 1.82) is 0 Å². The van der Waals surface area contributed by atoms with Crippen molar-refractivity contribution in [3.63, 3.8) is 0 Å². The van der Waals surface area contributed by atoms with E-state index in [4.69, 9.17) is 19.4 Å². The Morgan fingerprint density at radius 1 is 0.636 bits per heavy atom. The molecule has 14 nitrogen and oxygen atoms in total. The number of fused-ring (bicyclic) bond motifs is 5. The molecule has 5 aromatic rings. The van der Waals surface area contributed by atoms with E-state index < -0.39 is 18.1 Å². The van der Waals surface area contributed by atoms with Crippen LogP contribution in [0, 0.1) is 17.8 Å². The molecule has 2 bridgehead atoms. The highest BCUT2D eigenvalue weighted by Gasteiger charge is 2.45. The van der Waals surface area contributed by atoms with Gasteiger partial charge in [0.2, 0.25) is 11.8 Å². The molecule has 0 radical (unpaired) electrons. The Morgan fingerprint density at radius 2 is 1.11 bits per heavy atom. The molecule has 0 spiro atoms. The predicted octanol–water partition coefficient (Wildman–Crippen LogP) is 9.17. The second-order valence-corrected chi connectivity index (χ2v) is 19.1. The summed E-state index contributed by atoms with van der Waals surface area (Å²) in [6.45, 7) is 9.03. The Hall–Kier alpha value is -6.28. The van der Waals surface area contributed by atoms with E-state index in [2.05, 4.69) is 87.9 Å². The van der Waals surface area contributed by atoms with Crippen LogP contribution in [-0.4, -0.2) is 98.9 Å². The fourth-order valence-corrected chi connectivity index (χ4v) is 11.0. The van der Waals surface area contributed by atoms with Crippen LogP contribution in [0.25, 0.3) is 44.8 Å². The van der Waals surface area contributed by atoms with Crippen LogP contribution in [0.2, 0.25) is 0 Å². The molecule has 3 amide bonds. The zero-order chi connectivity index (χ0) is 46.4. The van der Waals surface area contributed by atoms with E-state index in [0.29, 0.717) is 25.2 Å². The molecular formula is C52H62N8O6. The first kappa shape index (κ1) is 44.9. The number of aromatic amines is 2. The molecule has 346 valence electrons. The highest BCUT2D eigenvalue weighted by Crippen LogP contribution is 2.57. The number of amides is 3. The minimum absolute atomic E-state index is 0.00647. The van der Waals surface area contributed by atoms with Crippen molar-refractivity contribution in [1.82, 2.24) is 40.0 Å². The second kappa shape index (κ2) is 18.5. The molecule has 2 aromatic heterocycles. The van der Waals surface area contributed by atoms with Gasteiger partial charge in [0, 0.05) is 25.2 Å². The summed E-state index contributed by atoms with van der Waals surface area (Å²) in [6.07, 6.45) is 8.77. The third kappa shape index (κ3) is 8.28. The van der Waals surface area contributed by atoms with Crippen LogP contribution in [0.4, 0.5) is 4.79 Å². The van der Waals surface area contributed by atoms with Crippen molar-refractivity contribution >= 4 is 23.9 Å². The Morgan fingerprint density at radius 3 is 1.55 bits per heavy atom. The van der Waals surface area contributed by atoms with Crippen LogP contribution < -0.4 is 5.32 Å². The molecule has 4 aliphatic heterocycles. The summed E-state index contributed by atoms with van der Waals surface area (Å²) in [4.78, 5) is 74.5. The number of hydrogen-bond acceptors (Lipinski definition) is 9. The monoisotopic (exact) mass is 894 g/mol. The van der Waals surface area contributed by atoms with Crippen LogP contribution in [0.1, 0.15) is 120 Å². The average molecular weight is 895 g/mol. The Kier molecular flexibility index (Phi) is 12.6. The maximum absolute atomic E-state index is 13.8. The molecule has 3 aromatic carbocycles. The molecule has 6 atom stereocenters. The van der Waals surface area contributed by atoms with Crippen molar-refractivity contribution in [3.05, 3.63) is 95.8 Å². The van der Waals surface area contributed by atoms with Crippen LogP contribution in [0.15, 0.2) is 73.1 Å². The minimum Gasteiger partial charge on any atom is -0.469 e. The number of carbonyl (C=O) groups is 4. The normalized spacial score (nSPS) is 21.1. The number of hydrogen-bond donors (Lipinski definition) is 3. The van der Waals surface area contributed by atoms with Gasteiger partial charge in [-0.05, 0) is 102 Å². The third-order valence-corrected chi connectivity index (χ3v) is 14.7. The summed E-state index contributed by atoms with van der Waals surface area (Å²) in [7, 11) is 4.92. The topological polar surface area (TPSA) is 166 Å². The number of nitrogens with one attached hydrogen (secondary N) is 3. The molecule has 66 heavy (non-hydrogen) atoms. The number of ether oxygens (including phenoxy) is 2. The molecule has 3 fully saturated rings. The van der Waals surface area contributed by atoms with Gasteiger partial charge >= 0.3 is 12.1 Å². The van der Waals surface area contributed by atoms with Gasteiger partial charge in [0.05, 0.1) is 62.4 Å². The number of alkyl carbamates (subject to hydrolysis) is 1. The summed E-state index contributed by atoms with van der Waals surface area (Å²) >= 11 is 0. The zero-order valence-corrected chi connectivity index (χ0v) is 39.1. The fourth-order valence-electron chi connectivity index (χ4n) is 11.0. The molecule has 2 unspecified atom stereocenters. The molecule has 3 saturated heterocycles. The Balaban J connectivity index is 0.923. The first-order valence-corrected chi connectivity index (χ1v) is 23.6. The molecule has 4 aliphatic rings. The largest absolute Gasteiger partial charge is 0.469 e. The van der Waals surface area contributed by atoms with Crippen LogP contribution in [0.3, 0.4) is 0 Å². The highest BCUT2D eigenvalue weighted by molar-refractivity contribution is 5.87. The third-order valence-electron chi connectivity index (χ3n) is 14.7.